The maximum atomic E-state index is 13.2. The second-order valence-corrected chi connectivity index (χ2v) is 8.94. The van der Waals surface area contributed by atoms with Crippen LogP contribution in [0.25, 0.3) is 0 Å². The summed E-state index contributed by atoms with van der Waals surface area (Å²) in [6, 6.07) is 14.7. The van der Waals surface area contributed by atoms with Crippen LogP contribution in [-0.2, 0) is 27.3 Å². The zero-order valence-electron chi connectivity index (χ0n) is 22.0. The number of rotatable bonds is 13. The number of aromatic nitrogens is 2. The number of allylic oxidation sites excluding steroid dienone is 1. The Morgan fingerprint density at radius 3 is 2.52 bits per heavy atom. The number of aliphatic carboxylic acids is 1. The predicted octanol–water partition coefficient (Wildman–Crippen LogP) is 2.07. The van der Waals surface area contributed by atoms with Crippen LogP contribution in [0.15, 0.2) is 83.9 Å². The molecule has 11 heteroatoms. The topological polar surface area (TPSA) is 159 Å². The van der Waals surface area contributed by atoms with Gasteiger partial charge in [-0.2, -0.15) is 0 Å². The van der Waals surface area contributed by atoms with Crippen molar-refractivity contribution in [2.24, 2.45) is 0 Å². The maximum Gasteiger partial charge on any atom is 0.327 e. The first kappa shape index (κ1) is 29.5. The van der Waals surface area contributed by atoms with Crippen molar-refractivity contribution in [1.82, 2.24) is 20.2 Å². The van der Waals surface area contributed by atoms with E-state index >= 15 is 0 Å². The highest BCUT2D eigenvalue weighted by Crippen LogP contribution is 2.08. The number of carboxylic acids is 1. The lowest BCUT2D eigenvalue weighted by Gasteiger charge is -2.19. The van der Waals surface area contributed by atoms with E-state index in [9.17, 15) is 24.0 Å². The zero-order valence-corrected chi connectivity index (χ0v) is 22.0. The smallest absolute Gasteiger partial charge is 0.327 e. The van der Waals surface area contributed by atoms with Gasteiger partial charge in [-0.15, -0.1) is 0 Å². The van der Waals surface area contributed by atoms with Gasteiger partial charge in [-0.25, -0.2) is 4.79 Å². The Morgan fingerprint density at radius 2 is 1.82 bits per heavy atom. The molecule has 11 nitrogen and oxygen atoms in total. The highest BCUT2D eigenvalue weighted by molar-refractivity contribution is 6.01. The molecule has 0 aliphatic carbocycles. The van der Waals surface area contributed by atoms with Crippen LogP contribution in [0.3, 0.4) is 0 Å². The van der Waals surface area contributed by atoms with Crippen LogP contribution in [0.4, 0.5) is 5.69 Å². The second kappa shape index (κ2) is 14.8. The lowest BCUT2D eigenvalue weighted by Crippen LogP contribution is -2.44. The molecule has 3 amide bonds. The SMILES string of the molecule is Cc1ccc(NC(=O)C(CCC=CC(=O)O)NC(=O)c2cccnc2)c(=O)n1CC(=O)NCCc1ccccc1. The maximum absolute atomic E-state index is 13.2. The molecule has 2 heterocycles. The number of amides is 3. The van der Waals surface area contributed by atoms with Crippen molar-refractivity contribution in [2.75, 3.05) is 11.9 Å². The van der Waals surface area contributed by atoms with Crippen molar-refractivity contribution in [3.05, 3.63) is 106 Å². The van der Waals surface area contributed by atoms with Crippen LogP contribution in [0.2, 0.25) is 0 Å². The van der Waals surface area contributed by atoms with Gasteiger partial charge >= 0.3 is 5.97 Å². The third kappa shape index (κ3) is 9.05. The number of hydrogen-bond donors (Lipinski definition) is 4. The predicted molar refractivity (Wildman–Crippen MR) is 149 cm³/mol. The number of benzene rings is 1. The number of carboxylic acid groups (broad SMARTS) is 1. The van der Waals surface area contributed by atoms with E-state index in [2.05, 4.69) is 20.9 Å². The van der Waals surface area contributed by atoms with Crippen LogP contribution in [-0.4, -0.2) is 50.9 Å². The van der Waals surface area contributed by atoms with Crippen molar-refractivity contribution >= 4 is 29.4 Å². The van der Waals surface area contributed by atoms with Gasteiger partial charge in [-0.05, 0) is 56.0 Å². The van der Waals surface area contributed by atoms with Crippen LogP contribution in [0.1, 0.15) is 34.5 Å². The highest BCUT2D eigenvalue weighted by Gasteiger charge is 2.23. The summed E-state index contributed by atoms with van der Waals surface area (Å²) in [6.07, 6.45) is 6.06. The van der Waals surface area contributed by atoms with Gasteiger partial charge in [-0.1, -0.05) is 36.4 Å². The average Bonchev–Trinajstić information content (AvgIpc) is 2.95. The summed E-state index contributed by atoms with van der Waals surface area (Å²) >= 11 is 0. The molecular formula is C29H31N5O6. The van der Waals surface area contributed by atoms with Crippen molar-refractivity contribution in [3.63, 3.8) is 0 Å². The van der Waals surface area contributed by atoms with E-state index in [1.807, 2.05) is 30.3 Å². The number of aryl methyl sites for hydroxylation is 1. The quantitative estimate of drug-likeness (QED) is 0.239. The first-order valence-electron chi connectivity index (χ1n) is 12.7. The Kier molecular flexibility index (Phi) is 10.9. The first-order chi connectivity index (χ1) is 19.2. The van der Waals surface area contributed by atoms with Crippen LogP contribution in [0, 0.1) is 6.92 Å². The van der Waals surface area contributed by atoms with Gasteiger partial charge in [0.25, 0.3) is 11.5 Å². The standard InChI is InChI=1S/C29H31N5O6/c1-20-13-14-24(29(40)34(20)19-25(35)31-17-15-21-8-3-2-4-9-21)33-28(39)23(11-5-6-12-26(36)37)32-27(38)22-10-7-16-30-18-22/h2-4,6-10,12-14,16,18,23H,5,11,15,17,19H2,1H3,(H,31,35)(H,32,38)(H,33,39)(H,36,37). The van der Waals surface area contributed by atoms with Crippen LogP contribution >= 0.6 is 0 Å². The van der Waals surface area contributed by atoms with Gasteiger partial charge in [0.1, 0.15) is 18.3 Å². The monoisotopic (exact) mass is 545 g/mol. The van der Waals surface area contributed by atoms with Gasteiger partial charge in [-0.3, -0.25) is 24.2 Å². The molecule has 0 aliphatic rings. The Morgan fingerprint density at radius 1 is 1.05 bits per heavy atom. The van der Waals surface area contributed by atoms with E-state index in [0.717, 1.165) is 11.6 Å². The summed E-state index contributed by atoms with van der Waals surface area (Å²) in [5.74, 6) is -2.70. The van der Waals surface area contributed by atoms with Crippen molar-refractivity contribution in [2.45, 2.75) is 38.8 Å². The largest absolute Gasteiger partial charge is 0.478 e. The van der Waals surface area contributed by atoms with Crippen LogP contribution < -0.4 is 21.5 Å². The molecule has 40 heavy (non-hydrogen) atoms. The fourth-order valence-electron chi connectivity index (χ4n) is 3.83. The summed E-state index contributed by atoms with van der Waals surface area (Å²) in [7, 11) is 0. The lowest BCUT2D eigenvalue weighted by atomic mass is 10.1. The minimum Gasteiger partial charge on any atom is -0.478 e. The van der Waals surface area contributed by atoms with E-state index in [0.29, 0.717) is 18.7 Å². The van der Waals surface area contributed by atoms with Gasteiger partial charge in [0.05, 0.1) is 5.56 Å². The molecule has 1 unspecified atom stereocenters. The normalized spacial score (nSPS) is 11.5. The van der Waals surface area contributed by atoms with Crippen molar-refractivity contribution in [1.29, 1.82) is 0 Å². The molecule has 1 aromatic carbocycles. The molecule has 4 N–H and O–H groups in total. The number of anilines is 1. The van der Waals surface area contributed by atoms with E-state index in [4.69, 9.17) is 5.11 Å². The summed E-state index contributed by atoms with van der Waals surface area (Å²) in [5.41, 5.74) is 1.20. The third-order valence-corrected chi connectivity index (χ3v) is 5.96. The number of carbonyl (C=O) groups excluding carboxylic acids is 3. The lowest BCUT2D eigenvalue weighted by molar-refractivity contribution is -0.131. The molecule has 0 radical (unpaired) electrons. The third-order valence-electron chi connectivity index (χ3n) is 5.96. The molecule has 0 spiro atoms. The Bertz CT molecular complexity index is 1420. The van der Waals surface area contributed by atoms with Gasteiger partial charge < -0.3 is 25.6 Å². The molecule has 3 aromatic rings. The van der Waals surface area contributed by atoms with E-state index in [-0.39, 0.29) is 36.5 Å². The summed E-state index contributed by atoms with van der Waals surface area (Å²) < 4.78 is 1.26. The summed E-state index contributed by atoms with van der Waals surface area (Å²) in [6.45, 7) is 1.85. The van der Waals surface area contributed by atoms with Gasteiger partial charge in [0, 0.05) is 30.7 Å². The molecule has 3 rings (SSSR count). The van der Waals surface area contributed by atoms with Gasteiger partial charge in [0.15, 0.2) is 0 Å². The first-order valence-corrected chi connectivity index (χ1v) is 12.7. The van der Waals surface area contributed by atoms with Crippen LogP contribution in [0.5, 0.6) is 0 Å². The van der Waals surface area contributed by atoms with E-state index < -0.39 is 29.4 Å². The molecule has 1 atom stereocenters. The molecular weight excluding hydrogens is 514 g/mol. The molecule has 208 valence electrons. The summed E-state index contributed by atoms with van der Waals surface area (Å²) in [5, 5.41) is 16.8. The van der Waals surface area contributed by atoms with Crippen molar-refractivity contribution < 1.29 is 24.3 Å². The Hall–Kier alpha value is -5.06. The molecule has 0 saturated heterocycles. The molecule has 0 fully saturated rings. The number of nitrogens with one attached hydrogen (secondary N) is 3. The average molecular weight is 546 g/mol. The number of carbonyl (C=O) groups is 4. The number of nitrogens with zero attached hydrogens (tertiary/aromatic N) is 2. The molecule has 0 bridgehead atoms. The Balaban J connectivity index is 1.69. The minimum atomic E-state index is -1.13. The molecule has 2 aromatic heterocycles. The molecule has 0 aliphatic heterocycles. The zero-order chi connectivity index (χ0) is 28.9. The molecule has 0 saturated carbocycles. The van der Waals surface area contributed by atoms with E-state index in [1.165, 1.54) is 35.2 Å². The Labute approximate surface area is 231 Å². The summed E-state index contributed by atoms with van der Waals surface area (Å²) in [4.78, 5) is 66.2. The second-order valence-electron chi connectivity index (χ2n) is 8.94. The number of pyridine rings is 2. The fourth-order valence-corrected chi connectivity index (χ4v) is 3.83. The van der Waals surface area contributed by atoms with E-state index in [1.54, 1.807) is 19.1 Å². The highest BCUT2D eigenvalue weighted by atomic mass is 16.4. The van der Waals surface area contributed by atoms with Gasteiger partial charge in [0.2, 0.25) is 11.8 Å². The fraction of sp³-hybridized carbons (Fsp3) is 0.241. The number of hydrogen-bond acceptors (Lipinski definition) is 6. The van der Waals surface area contributed by atoms with Crippen molar-refractivity contribution in [3.8, 4) is 0 Å². The minimum absolute atomic E-state index is 0.0607.